The number of nitrogens with two attached hydrogens (primary N) is 1. The Morgan fingerprint density at radius 2 is 2.00 bits per heavy atom. The molecule has 2 fully saturated rings. The van der Waals surface area contributed by atoms with E-state index in [1.165, 1.54) is 19.5 Å². The van der Waals surface area contributed by atoms with Crippen molar-refractivity contribution in [3.05, 3.63) is 0 Å². The molecule has 2 saturated heterocycles. The van der Waals surface area contributed by atoms with Crippen molar-refractivity contribution >= 4 is 6.03 Å². The summed E-state index contributed by atoms with van der Waals surface area (Å²) in [6.07, 6.45) is 3.38. The van der Waals surface area contributed by atoms with Gasteiger partial charge in [0.2, 0.25) is 0 Å². The van der Waals surface area contributed by atoms with Crippen LogP contribution in [0.1, 0.15) is 19.3 Å². The molecule has 0 radical (unpaired) electrons. The number of urea groups is 1. The number of carbonyl (C=O) groups is 1. The highest BCUT2D eigenvalue weighted by molar-refractivity contribution is 5.72. The molecule has 2 rings (SSSR count). The number of hydrogen-bond donors (Lipinski definition) is 2. The second-order valence-corrected chi connectivity index (χ2v) is 5.42. The van der Waals surface area contributed by atoms with Crippen LogP contribution in [0.25, 0.3) is 0 Å². The lowest BCUT2D eigenvalue weighted by Crippen LogP contribution is -2.47. The molecule has 3 N–H and O–H groups in total. The highest BCUT2D eigenvalue weighted by Crippen LogP contribution is 2.15. The minimum atomic E-state index is -0.277. The van der Waals surface area contributed by atoms with E-state index >= 15 is 0 Å². The van der Waals surface area contributed by atoms with Gasteiger partial charge in [-0.15, -0.1) is 0 Å². The Bertz CT molecular complexity index is 263. The molecule has 0 aromatic rings. The maximum atomic E-state index is 11.0. The predicted molar refractivity (Wildman–Crippen MR) is 67.8 cm³/mol. The average Bonchev–Trinajstić information content (AvgIpc) is 2.73. The highest BCUT2D eigenvalue weighted by atomic mass is 16.2. The number of primary amides is 1. The summed E-state index contributed by atoms with van der Waals surface area (Å²) in [6, 6.07) is 0.289. The molecule has 1 unspecified atom stereocenters. The largest absolute Gasteiger partial charge is 0.351 e. The fraction of sp³-hybridized carbons (Fsp3) is 0.917. The van der Waals surface area contributed by atoms with E-state index in [2.05, 4.69) is 17.3 Å². The first-order valence-electron chi connectivity index (χ1n) is 6.61. The van der Waals surface area contributed by atoms with Gasteiger partial charge in [0.25, 0.3) is 0 Å². The monoisotopic (exact) mass is 240 g/mol. The van der Waals surface area contributed by atoms with Crippen LogP contribution in [0.15, 0.2) is 0 Å². The van der Waals surface area contributed by atoms with Crippen LogP contribution < -0.4 is 11.1 Å². The zero-order valence-corrected chi connectivity index (χ0v) is 10.7. The molecule has 0 saturated carbocycles. The lowest BCUT2D eigenvalue weighted by Gasteiger charge is -2.31. The number of piperidine rings is 1. The normalized spacial score (nSPS) is 27.6. The molecule has 0 aromatic carbocycles. The van der Waals surface area contributed by atoms with Gasteiger partial charge in [-0.1, -0.05) is 0 Å². The van der Waals surface area contributed by atoms with Crippen molar-refractivity contribution in [3.8, 4) is 0 Å². The van der Waals surface area contributed by atoms with Crippen molar-refractivity contribution in [2.45, 2.75) is 25.3 Å². The van der Waals surface area contributed by atoms with Gasteiger partial charge in [-0.3, -0.25) is 0 Å². The van der Waals surface area contributed by atoms with E-state index in [-0.39, 0.29) is 6.03 Å². The summed E-state index contributed by atoms with van der Waals surface area (Å²) in [7, 11) is 2.19. The minimum absolute atomic E-state index is 0.277. The van der Waals surface area contributed by atoms with Gasteiger partial charge in [0.05, 0.1) is 0 Å². The average molecular weight is 240 g/mol. The smallest absolute Gasteiger partial charge is 0.314 e. The molecule has 2 aliphatic heterocycles. The van der Waals surface area contributed by atoms with Gasteiger partial charge in [0.15, 0.2) is 0 Å². The molecular formula is C12H24N4O. The Morgan fingerprint density at radius 1 is 1.29 bits per heavy atom. The Labute approximate surface area is 103 Å². The number of nitrogens with zero attached hydrogens (tertiary/aromatic N) is 2. The van der Waals surface area contributed by atoms with E-state index < -0.39 is 0 Å². The maximum absolute atomic E-state index is 11.0. The molecule has 0 spiro atoms. The van der Waals surface area contributed by atoms with Crippen LogP contribution >= 0.6 is 0 Å². The number of amides is 2. The van der Waals surface area contributed by atoms with E-state index in [1.54, 1.807) is 4.90 Å². The van der Waals surface area contributed by atoms with Gasteiger partial charge in [0.1, 0.15) is 0 Å². The summed E-state index contributed by atoms with van der Waals surface area (Å²) in [5.41, 5.74) is 5.26. The van der Waals surface area contributed by atoms with Crippen molar-refractivity contribution in [2.75, 3.05) is 39.8 Å². The van der Waals surface area contributed by atoms with Crippen LogP contribution in [0.3, 0.4) is 0 Å². The van der Waals surface area contributed by atoms with Crippen molar-refractivity contribution in [1.29, 1.82) is 0 Å². The van der Waals surface area contributed by atoms with Crippen LogP contribution in [0.5, 0.6) is 0 Å². The lowest BCUT2D eigenvalue weighted by atomic mass is 10.0. The van der Waals surface area contributed by atoms with Gasteiger partial charge >= 0.3 is 6.03 Å². The van der Waals surface area contributed by atoms with Crippen molar-refractivity contribution < 1.29 is 4.79 Å². The maximum Gasteiger partial charge on any atom is 0.314 e. The quantitative estimate of drug-likeness (QED) is 0.734. The Balaban J connectivity index is 1.63. The first kappa shape index (κ1) is 12.6. The zero-order chi connectivity index (χ0) is 12.3. The molecular weight excluding hydrogens is 216 g/mol. The van der Waals surface area contributed by atoms with Crippen molar-refractivity contribution in [2.24, 2.45) is 11.7 Å². The van der Waals surface area contributed by atoms with Crippen LogP contribution in [-0.4, -0.2) is 61.6 Å². The summed E-state index contributed by atoms with van der Waals surface area (Å²) >= 11 is 0. The van der Waals surface area contributed by atoms with Crippen LogP contribution in [0, 0.1) is 5.92 Å². The Kier molecular flexibility index (Phi) is 4.23. The molecule has 5 nitrogen and oxygen atoms in total. The first-order chi connectivity index (χ1) is 8.15. The van der Waals surface area contributed by atoms with Crippen LogP contribution in [0.2, 0.25) is 0 Å². The van der Waals surface area contributed by atoms with Gasteiger partial charge in [-0.2, -0.15) is 0 Å². The fourth-order valence-electron chi connectivity index (χ4n) is 2.83. The number of likely N-dealkylation sites (tertiary alicyclic amines) is 2. The summed E-state index contributed by atoms with van der Waals surface area (Å²) in [5.74, 6) is 0.800. The second-order valence-electron chi connectivity index (χ2n) is 5.42. The molecule has 0 bridgehead atoms. The lowest BCUT2D eigenvalue weighted by molar-refractivity contribution is 0.184. The molecule has 2 heterocycles. The Hall–Kier alpha value is -0.810. The second kappa shape index (κ2) is 5.69. The Morgan fingerprint density at radius 3 is 2.53 bits per heavy atom. The van der Waals surface area contributed by atoms with E-state index in [9.17, 15) is 4.79 Å². The topological polar surface area (TPSA) is 61.6 Å². The minimum Gasteiger partial charge on any atom is -0.351 e. The highest BCUT2D eigenvalue weighted by Gasteiger charge is 2.23. The van der Waals surface area contributed by atoms with E-state index in [4.69, 9.17) is 5.73 Å². The number of rotatable bonds is 3. The molecule has 1 atom stereocenters. The van der Waals surface area contributed by atoms with Gasteiger partial charge in [-0.05, 0) is 45.3 Å². The molecule has 0 aliphatic carbocycles. The third-order valence-electron chi connectivity index (χ3n) is 3.99. The SMILES string of the molecule is CN1CCC(CNC2CCN(C(N)=O)CC2)C1. The molecule has 2 amide bonds. The molecule has 17 heavy (non-hydrogen) atoms. The van der Waals surface area contributed by atoms with Gasteiger partial charge in [0, 0.05) is 25.7 Å². The number of hydrogen-bond acceptors (Lipinski definition) is 3. The summed E-state index contributed by atoms with van der Waals surface area (Å²) in [6.45, 7) is 5.17. The van der Waals surface area contributed by atoms with E-state index in [0.29, 0.717) is 6.04 Å². The summed E-state index contributed by atoms with van der Waals surface area (Å²) < 4.78 is 0. The molecule has 98 valence electrons. The summed E-state index contributed by atoms with van der Waals surface area (Å²) in [4.78, 5) is 15.1. The van der Waals surface area contributed by atoms with Crippen LogP contribution in [0.4, 0.5) is 4.79 Å². The standard InChI is InChI=1S/C12H24N4O/c1-15-5-2-10(9-15)8-14-11-3-6-16(7-4-11)12(13)17/h10-11,14H,2-9H2,1H3,(H2,13,17). The third-order valence-corrected chi connectivity index (χ3v) is 3.99. The summed E-state index contributed by atoms with van der Waals surface area (Å²) in [5, 5.41) is 3.64. The molecule has 5 heteroatoms. The van der Waals surface area contributed by atoms with Crippen LogP contribution in [-0.2, 0) is 0 Å². The number of nitrogens with one attached hydrogen (secondary N) is 1. The predicted octanol–water partition coefficient (Wildman–Crippen LogP) is 0.0708. The van der Waals surface area contributed by atoms with E-state index in [0.717, 1.165) is 38.4 Å². The van der Waals surface area contributed by atoms with Gasteiger partial charge in [-0.25, -0.2) is 4.79 Å². The van der Waals surface area contributed by atoms with Crippen molar-refractivity contribution in [3.63, 3.8) is 0 Å². The zero-order valence-electron chi connectivity index (χ0n) is 10.7. The van der Waals surface area contributed by atoms with Crippen molar-refractivity contribution in [1.82, 2.24) is 15.1 Å². The van der Waals surface area contributed by atoms with Gasteiger partial charge < -0.3 is 20.9 Å². The van der Waals surface area contributed by atoms with E-state index in [1.807, 2.05) is 0 Å². The third kappa shape index (κ3) is 3.57. The number of carbonyl (C=O) groups excluding carboxylic acids is 1. The molecule has 0 aromatic heterocycles. The first-order valence-corrected chi connectivity index (χ1v) is 6.61. The fourth-order valence-corrected chi connectivity index (χ4v) is 2.83. The molecule has 2 aliphatic rings.